The molecule has 1 unspecified atom stereocenters. The van der Waals surface area contributed by atoms with E-state index >= 15 is 0 Å². The number of amides is 1. The van der Waals surface area contributed by atoms with Crippen LogP contribution in [0.1, 0.15) is 25.8 Å². The SMILES string of the molecule is CCC(C)(N)C(=O)Nc1ccc(C)c(S(=O)(=O)NC)c1. The first-order chi connectivity index (χ1) is 9.14. The van der Waals surface area contributed by atoms with Gasteiger partial charge in [-0.1, -0.05) is 13.0 Å². The molecule has 1 aromatic carbocycles. The lowest BCUT2D eigenvalue weighted by atomic mass is 9.99. The molecule has 0 aromatic heterocycles. The van der Waals surface area contributed by atoms with Gasteiger partial charge in [0.15, 0.2) is 0 Å². The maximum absolute atomic E-state index is 12.0. The molecule has 0 radical (unpaired) electrons. The van der Waals surface area contributed by atoms with Crippen LogP contribution < -0.4 is 15.8 Å². The van der Waals surface area contributed by atoms with Crippen molar-refractivity contribution in [3.8, 4) is 0 Å². The second kappa shape index (κ2) is 5.90. The molecule has 20 heavy (non-hydrogen) atoms. The third kappa shape index (κ3) is 3.56. The maximum Gasteiger partial charge on any atom is 0.244 e. The number of rotatable bonds is 5. The molecule has 1 aromatic rings. The van der Waals surface area contributed by atoms with E-state index in [1.807, 2.05) is 6.92 Å². The van der Waals surface area contributed by atoms with Crippen LogP contribution in [0.3, 0.4) is 0 Å². The van der Waals surface area contributed by atoms with Gasteiger partial charge in [0, 0.05) is 5.69 Å². The van der Waals surface area contributed by atoms with E-state index in [2.05, 4.69) is 10.0 Å². The Hall–Kier alpha value is -1.44. The zero-order valence-corrected chi connectivity index (χ0v) is 13.0. The van der Waals surface area contributed by atoms with Crippen molar-refractivity contribution in [3.63, 3.8) is 0 Å². The summed E-state index contributed by atoms with van der Waals surface area (Å²) in [6, 6.07) is 4.71. The minimum Gasteiger partial charge on any atom is -0.324 e. The van der Waals surface area contributed by atoms with E-state index < -0.39 is 15.6 Å². The molecular weight excluding hydrogens is 278 g/mol. The summed E-state index contributed by atoms with van der Waals surface area (Å²) in [5, 5.41) is 2.64. The van der Waals surface area contributed by atoms with Gasteiger partial charge in [0.05, 0.1) is 10.4 Å². The molecule has 0 saturated heterocycles. The fraction of sp³-hybridized carbons (Fsp3) is 0.462. The molecule has 1 atom stereocenters. The summed E-state index contributed by atoms with van der Waals surface area (Å²) in [6.07, 6.45) is 0.479. The van der Waals surface area contributed by atoms with E-state index in [1.165, 1.54) is 13.1 Å². The third-order valence-electron chi connectivity index (χ3n) is 3.26. The van der Waals surface area contributed by atoms with Crippen LogP contribution in [0, 0.1) is 6.92 Å². The Morgan fingerprint density at radius 1 is 1.40 bits per heavy atom. The van der Waals surface area contributed by atoms with Crippen LogP contribution in [0.4, 0.5) is 5.69 Å². The molecule has 0 bridgehead atoms. The van der Waals surface area contributed by atoms with Crippen LogP contribution in [0.25, 0.3) is 0 Å². The molecule has 0 aliphatic rings. The Bertz CT molecular complexity index is 609. The number of aryl methyl sites for hydroxylation is 1. The average molecular weight is 299 g/mol. The standard InChI is InChI=1S/C13H21N3O3S/c1-5-13(3,14)12(17)16-10-7-6-9(2)11(8-10)20(18,19)15-4/h6-8,15H,5,14H2,1-4H3,(H,16,17). The molecule has 0 saturated carbocycles. The van der Waals surface area contributed by atoms with Gasteiger partial charge in [0.2, 0.25) is 15.9 Å². The molecule has 0 heterocycles. The molecule has 0 spiro atoms. The van der Waals surface area contributed by atoms with Gasteiger partial charge in [-0.3, -0.25) is 4.79 Å². The van der Waals surface area contributed by atoms with Gasteiger partial charge in [-0.15, -0.1) is 0 Å². The summed E-state index contributed by atoms with van der Waals surface area (Å²) >= 11 is 0. The molecule has 1 rings (SSSR count). The van der Waals surface area contributed by atoms with Crippen LogP contribution >= 0.6 is 0 Å². The summed E-state index contributed by atoms with van der Waals surface area (Å²) in [5.74, 6) is -0.350. The largest absolute Gasteiger partial charge is 0.324 e. The number of hydrogen-bond acceptors (Lipinski definition) is 4. The fourth-order valence-electron chi connectivity index (χ4n) is 1.51. The smallest absolute Gasteiger partial charge is 0.244 e. The van der Waals surface area contributed by atoms with Crippen LogP contribution in [0.2, 0.25) is 0 Å². The van der Waals surface area contributed by atoms with Gasteiger partial charge < -0.3 is 11.1 Å². The predicted octanol–water partition coefficient (Wildman–Crippen LogP) is 0.969. The van der Waals surface area contributed by atoms with Gasteiger partial charge in [-0.05, 0) is 45.0 Å². The van der Waals surface area contributed by atoms with E-state index in [9.17, 15) is 13.2 Å². The first-order valence-corrected chi connectivity index (χ1v) is 7.77. The van der Waals surface area contributed by atoms with Gasteiger partial charge in [-0.25, -0.2) is 13.1 Å². The van der Waals surface area contributed by atoms with Crippen LogP contribution in [0.15, 0.2) is 23.1 Å². The minimum atomic E-state index is -3.56. The second-order valence-electron chi connectivity index (χ2n) is 4.91. The Balaban J connectivity index is 3.12. The van der Waals surface area contributed by atoms with Crippen molar-refractivity contribution in [1.82, 2.24) is 4.72 Å². The lowest BCUT2D eigenvalue weighted by molar-refractivity contribution is -0.120. The second-order valence-corrected chi connectivity index (χ2v) is 6.77. The van der Waals surface area contributed by atoms with E-state index in [4.69, 9.17) is 5.73 Å². The highest BCUT2D eigenvalue weighted by atomic mass is 32.2. The van der Waals surface area contributed by atoms with Crippen molar-refractivity contribution < 1.29 is 13.2 Å². The Labute approximate surface area is 119 Å². The minimum absolute atomic E-state index is 0.132. The zero-order valence-electron chi connectivity index (χ0n) is 12.1. The van der Waals surface area contributed by atoms with Crippen LogP contribution in [-0.4, -0.2) is 26.9 Å². The summed E-state index contributed by atoms with van der Waals surface area (Å²) in [4.78, 5) is 12.1. The topological polar surface area (TPSA) is 101 Å². The Kier molecular flexibility index (Phi) is 4.90. The van der Waals surface area contributed by atoms with Gasteiger partial charge in [0.25, 0.3) is 0 Å². The zero-order chi connectivity index (χ0) is 15.6. The van der Waals surface area contributed by atoms with Crippen molar-refractivity contribution in [3.05, 3.63) is 23.8 Å². The molecule has 1 amide bonds. The van der Waals surface area contributed by atoms with Crippen molar-refractivity contribution in [1.29, 1.82) is 0 Å². The van der Waals surface area contributed by atoms with E-state index in [-0.39, 0.29) is 10.8 Å². The summed E-state index contributed by atoms with van der Waals surface area (Å²) in [6.45, 7) is 5.13. The quantitative estimate of drug-likeness (QED) is 0.754. The molecule has 6 nitrogen and oxygen atoms in total. The summed E-state index contributed by atoms with van der Waals surface area (Å²) in [5.41, 5.74) is 5.85. The van der Waals surface area contributed by atoms with Crippen molar-refractivity contribution in [2.24, 2.45) is 5.73 Å². The van der Waals surface area contributed by atoms with Crippen molar-refractivity contribution in [2.45, 2.75) is 37.6 Å². The van der Waals surface area contributed by atoms with Crippen LogP contribution in [-0.2, 0) is 14.8 Å². The third-order valence-corrected chi connectivity index (χ3v) is 4.81. The van der Waals surface area contributed by atoms with E-state index in [0.29, 0.717) is 17.7 Å². The van der Waals surface area contributed by atoms with Crippen molar-refractivity contribution in [2.75, 3.05) is 12.4 Å². The number of anilines is 1. The maximum atomic E-state index is 12.0. The molecule has 7 heteroatoms. The molecule has 0 aliphatic carbocycles. The van der Waals surface area contributed by atoms with E-state index in [1.54, 1.807) is 26.0 Å². The number of nitrogens with one attached hydrogen (secondary N) is 2. The fourth-order valence-corrected chi connectivity index (χ4v) is 2.51. The van der Waals surface area contributed by atoms with Gasteiger partial charge in [-0.2, -0.15) is 0 Å². The number of benzene rings is 1. The molecule has 4 N–H and O–H groups in total. The lowest BCUT2D eigenvalue weighted by Gasteiger charge is -2.21. The van der Waals surface area contributed by atoms with Gasteiger partial charge in [0.1, 0.15) is 0 Å². The molecule has 0 fully saturated rings. The lowest BCUT2D eigenvalue weighted by Crippen LogP contribution is -2.47. The summed E-state index contributed by atoms with van der Waals surface area (Å²) in [7, 11) is -2.22. The number of hydrogen-bond donors (Lipinski definition) is 3. The van der Waals surface area contributed by atoms with E-state index in [0.717, 1.165) is 0 Å². The first-order valence-electron chi connectivity index (χ1n) is 6.28. The molecule has 112 valence electrons. The average Bonchev–Trinajstić information content (AvgIpc) is 2.40. The Morgan fingerprint density at radius 3 is 2.50 bits per heavy atom. The first kappa shape index (κ1) is 16.6. The number of carbonyl (C=O) groups is 1. The molecule has 0 aliphatic heterocycles. The number of carbonyl (C=O) groups excluding carboxylic acids is 1. The highest BCUT2D eigenvalue weighted by molar-refractivity contribution is 7.89. The van der Waals surface area contributed by atoms with Gasteiger partial charge >= 0.3 is 0 Å². The number of nitrogens with two attached hydrogens (primary N) is 1. The predicted molar refractivity (Wildman–Crippen MR) is 78.9 cm³/mol. The highest BCUT2D eigenvalue weighted by Crippen LogP contribution is 2.21. The Morgan fingerprint density at radius 2 is 2.00 bits per heavy atom. The molecular formula is C13H21N3O3S. The normalized spacial score (nSPS) is 14.7. The highest BCUT2D eigenvalue weighted by Gasteiger charge is 2.26. The monoisotopic (exact) mass is 299 g/mol. The number of sulfonamides is 1. The van der Waals surface area contributed by atoms with Crippen LogP contribution in [0.5, 0.6) is 0 Å². The summed E-state index contributed by atoms with van der Waals surface area (Å²) < 4.78 is 26.0. The van der Waals surface area contributed by atoms with Crippen molar-refractivity contribution >= 4 is 21.6 Å².